The second-order valence-corrected chi connectivity index (χ2v) is 4.11. The minimum absolute atomic E-state index is 0.00481. The highest BCUT2D eigenvalue weighted by Crippen LogP contribution is 2.11. The number of alkyl halides is 3. The molecule has 0 saturated carbocycles. The Hall–Kier alpha value is -1.91. The molecular weight excluding hydrogens is 263 g/mol. The quantitative estimate of drug-likeness (QED) is 0.646. The molecular formula is C11H16F3N3O2. The maximum Gasteiger partial charge on any atom is 0.405 e. The summed E-state index contributed by atoms with van der Waals surface area (Å²) in [6, 6.07) is -1.22. The molecule has 0 aliphatic heterocycles. The van der Waals surface area contributed by atoms with Crippen molar-refractivity contribution in [1.82, 2.24) is 16.0 Å². The molecule has 0 aromatic rings. The molecule has 0 aromatic heterocycles. The SMILES string of the molecule is C#CC(NC(=O)NCC(=O)NCC(F)(F)F)C(C)C. The second-order valence-electron chi connectivity index (χ2n) is 4.11. The topological polar surface area (TPSA) is 70.2 Å². The number of carbonyl (C=O) groups is 2. The van der Waals surface area contributed by atoms with Crippen molar-refractivity contribution in [2.24, 2.45) is 5.92 Å². The molecule has 0 aliphatic rings. The molecule has 3 amide bonds. The average molecular weight is 279 g/mol. The maximum absolute atomic E-state index is 11.8. The molecule has 0 aromatic carbocycles. The van der Waals surface area contributed by atoms with Crippen LogP contribution >= 0.6 is 0 Å². The van der Waals surface area contributed by atoms with Gasteiger partial charge in [-0.05, 0) is 5.92 Å². The molecule has 0 radical (unpaired) electrons. The van der Waals surface area contributed by atoms with Crippen molar-refractivity contribution in [3.05, 3.63) is 0 Å². The Morgan fingerprint density at radius 2 is 1.84 bits per heavy atom. The van der Waals surface area contributed by atoms with Crippen molar-refractivity contribution >= 4 is 11.9 Å². The Kier molecular flexibility index (Phi) is 6.75. The largest absolute Gasteiger partial charge is 0.405 e. The van der Waals surface area contributed by atoms with E-state index in [4.69, 9.17) is 6.42 Å². The summed E-state index contributed by atoms with van der Waals surface area (Å²) >= 11 is 0. The number of hydrogen-bond donors (Lipinski definition) is 3. The van der Waals surface area contributed by atoms with Gasteiger partial charge in [0.05, 0.1) is 12.6 Å². The number of urea groups is 1. The Balaban J connectivity index is 3.97. The zero-order valence-electron chi connectivity index (χ0n) is 10.6. The summed E-state index contributed by atoms with van der Waals surface area (Å²) in [5, 5.41) is 6.14. The number of hydrogen-bond acceptors (Lipinski definition) is 2. The van der Waals surface area contributed by atoms with Gasteiger partial charge in [0.2, 0.25) is 5.91 Å². The van der Waals surface area contributed by atoms with Crippen LogP contribution in [0.1, 0.15) is 13.8 Å². The molecule has 0 bridgehead atoms. The van der Waals surface area contributed by atoms with Crippen molar-refractivity contribution < 1.29 is 22.8 Å². The number of halogens is 3. The zero-order valence-corrected chi connectivity index (χ0v) is 10.6. The molecule has 1 unspecified atom stereocenters. The first kappa shape index (κ1) is 17.1. The van der Waals surface area contributed by atoms with Gasteiger partial charge in [-0.1, -0.05) is 19.8 Å². The summed E-state index contributed by atoms with van der Waals surface area (Å²) in [5.41, 5.74) is 0. The summed E-state index contributed by atoms with van der Waals surface area (Å²) in [5.74, 6) is 1.40. The fraction of sp³-hybridized carbons (Fsp3) is 0.636. The highest BCUT2D eigenvalue weighted by molar-refractivity contribution is 5.84. The van der Waals surface area contributed by atoms with Crippen LogP contribution in [0.3, 0.4) is 0 Å². The summed E-state index contributed by atoms with van der Waals surface area (Å²) in [6.07, 6.45) is 0.695. The fourth-order valence-corrected chi connectivity index (χ4v) is 1.01. The number of nitrogens with one attached hydrogen (secondary N) is 3. The van der Waals surface area contributed by atoms with E-state index in [9.17, 15) is 22.8 Å². The van der Waals surface area contributed by atoms with Crippen LogP contribution in [0.2, 0.25) is 0 Å². The lowest BCUT2D eigenvalue weighted by molar-refractivity contribution is -0.137. The lowest BCUT2D eigenvalue weighted by Gasteiger charge is -2.17. The van der Waals surface area contributed by atoms with Crippen LogP contribution < -0.4 is 16.0 Å². The molecule has 1 atom stereocenters. The molecule has 5 nitrogen and oxygen atoms in total. The third-order valence-electron chi connectivity index (χ3n) is 2.03. The average Bonchev–Trinajstić information content (AvgIpc) is 2.29. The first-order chi connectivity index (χ1) is 8.65. The van der Waals surface area contributed by atoms with E-state index in [1.165, 1.54) is 0 Å². The standard InChI is InChI=1S/C11H16F3N3O2/c1-4-8(7(2)3)17-10(19)15-5-9(18)16-6-11(12,13)14/h1,7-8H,5-6H2,2-3H3,(H,16,18)(H2,15,17,19). The van der Waals surface area contributed by atoms with Crippen molar-refractivity contribution in [3.8, 4) is 12.3 Å². The highest BCUT2D eigenvalue weighted by Gasteiger charge is 2.27. The van der Waals surface area contributed by atoms with Gasteiger partial charge in [0.1, 0.15) is 6.54 Å². The maximum atomic E-state index is 11.8. The third kappa shape index (κ3) is 8.77. The Labute approximate surface area is 109 Å². The lowest BCUT2D eigenvalue weighted by atomic mass is 10.1. The smallest absolute Gasteiger partial charge is 0.345 e. The van der Waals surface area contributed by atoms with E-state index < -0.39 is 37.2 Å². The van der Waals surface area contributed by atoms with Gasteiger partial charge >= 0.3 is 12.2 Å². The van der Waals surface area contributed by atoms with Gasteiger partial charge in [-0.15, -0.1) is 6.42 Å². The van der Waals surface area contributed by atoms with Crippen LogP contribution in [0.25, 0.3) is 0 Å². The van der Waals surface area contributed by atoms with Crippen molar-refractivity contribution in [2.75, 3.05) is 13.1 Å². The Bertz CT molecular complexity index is 361. The molecule has 19 heavy (non-hydrogen) atoms. The van der Waals surface area contributed by atoms with Crippen LogP contribution in [-0.2, 0) is 4.79 Å². The minimum Gasteiger partial charge on any atom is -0.345 e. The molecule has 0 fully saturated rings. The summed E-state index contributed by atoms with van der Waals surface area (Å²) < 4.78 is 35.4. The summed E-state index contributed by atoms with van der Waals surface area (Å²) in [6.45, 7) is 1.59. The first-order valence-corrected chi connectivity index (χ1v) is 5.49. The number of amides is 3. The minimum atomic E-state index is -4.48. The summed E-state index contributed by atoms with van der Waals surface area (Å²) in [4.78, 5) is 22.3. The molecule has 0 saturated heterocycles. The van der Waals surface area contributed by atoms with Gasteiger partial charge in [-0.25, -0.2) is 4.79 Å². The van der Waals surface area contributed by atoms with Crippen molar-refractivity contribution in [1.29, 1.82) is 0 Å². The monoisotopic (exact) mass is 279 g/mol. The van der Waals surface area contributed by atoms with E-state index >= 15 is 0 Å². The van der Waals surface area contributed by atoms with Crippen LogP contribution in [0.5, 0.6) is 0 Å². The fourth-order valence-electron chi connectivity index (χ4n) is 1.01. The third-order valence-corrected chi connectivity index (χ3v) is 2.03. The Morgan fingerprint density at radius 1 is 1.26 bits per heavy atom. The molecule has 0 rings (SSSR count). The number of rotatable bonds is 5. The Morgan fingerprint density at radius 3 is 2.26 bits per heavy atom. The van der Waals surface area contributed by atoms with E-state index in [-0.39, 0.29) is 5.92 Å². The number of terminal acetylenes is 1. The second kappa shape index (κ2) is 7.51. The first-order valence-electron chi connectivity index (χ1n) is 5.49. The molecule has 8 heteroatoms. The molecule has 108 valence electrons. The van der Waals surface area contributed by atoms with Crippen molar-refractivity contribution in [3.63, 3.8) is 0 Å². The zero-order chi connectivity index (χ0) is 15.1. The van der Waals surface area contributed by atoms with Crippen molar-refractivity contribution in [2.45, 2.75) is 26.1 Å². The lowest BCUT2D eigenvalue weighted by Crippen LogP contribution is -2.47. The van der Waals surface area contributed by atoms with Gasteiger partial charge in [-0.3, -0.25) is 4.79 Å². The van der Waals surface area contributed by atoms with Gasteiger partial charge in [-0.2, -0.15) is 13.2 Å². The van der Waals surface area contributed by atoms with Crippen LogP contribution in [0.15, 0.2) is 0 Å². The normalized spacial score (nSPS) is 12.5. The molecule has 0 heterocycles. The van der Waals surface area contributed by atoms with E-state index in [0.717, 1.165) is 0 Å². The van der Waals surface area contributed by atoms with Gasteiger partial charge in [0.15, 0.2) is 0 Å². The van der Waals surface area contributed by atoms with Crippen LogP contribution in [0.4, 0.5) is 18.0 Å². The molecule has 3 N–H and O–H groups in total. The molecule has 0 spiro atoms. The van der Waals surface area contributed by atoms with E-state index in [1.807, 2.05) is 0 Å². The highest BCUT2D eigenvalue weighted by atomic mass is 19.4. The predicted octanol–water partition coefficient (Wildman–Crippen LogP) is 0.622. The van der Waals surface area contributed by atoms with E-state index in [1.54, 1.807) is 19.2 Å². The van der Waals surface area contributed by atoms with Crippen LogP contribution in [-0.4, -0.2) is 37.2 Å². The van der Waals surface area contributed by atoms with Crippen LogP contribution in [0, 0.1) is 18.3 Å². The summed E-state index contributed by atoms with van der Waals surface area (Å²) in [7, 11) is 0. The number of carbonyl (C=O) groups excluding carboxylic acids is 2. The van der Waals surface area contributed by atoms with E-state index in [2.05, 4.69) is 16.6 Å². The van der Waals surface area contributed by atoms with Gasteiger partial charge in [0.25, 0.3) is 0 Å². The predicted molar refractivity (Wildman–Crippen MR) is 63.1 cm³/mol. The van der Waals surface area contributed by atoms with Gasteiger partial charge < -0.3 is 16.0 Å². The van der Waals surface area contributed by atoms with E-state index in [0.29, 0.717) is 0 Å². The molecule has 0 aliphatic carbocycles. The van der Waals surface area contributed by atoms with Gasteiger partial charge in [0, 0.05) is 0 Å².